The van der Waals surface area contributed by atoms with Gasteiger partial charge in [0.25, 0.3) is 5.91 Å². The molecule has 0 aromatic heterocycles. The molecule has 1 aromatic rings. The number of hydrogen-bond donors (Lipinski definition) is 1. The summed E-state index contributed by atoms with van der Waals surface area (Å²) in [5.74, 6) is -0.513. The van der Waals surface area contributed by atoms with Gasteiger partial charge < -0.3 is 4.74 Å². The van der Waals surface area contributed by atoms with Crippen molar-refractivity contribution in [2.24, 2.45) is 0 Å². The van der Waals surface area contributed by atoms with E-state index < -0.39 is 25.3 Å². The third kappa shape index (κ3) is 6.65. The van der Waals surface area contributed by atoms with Crippen LogP contribution < -0.4 is 10.2 Å². The fraction of sp³-hybridized carbons (Fsp3) is 0.300. The van der Waals surface area contributed by atoms with E-state index in [1.807, 2.05) is 0 Å². The topological polar surface area (TPSA) is 47.6 Å². The van der Waals surface area contributed by atoms with Gasteiger partial charge >= 0.3 is 6.18 Å². The summed E-state index contributed by atoms with van der Waals surface area (Å²) in [6.07, 6.45) is -4.51. The molecule has 0 saturated heterocycles. The van der Waals surface area contributed by atoms with E-state index in [1.54, 1.807) is 17.6 Å². The Balaban J connectivity index is 2.34. The van der Waals surface area contributed by atoms with Crippen LogP contribution in [0.5, 0.6) is 5.75 Å². The van der Waals surface area contributed by atoms with Crippen LogP contribution in [-0.2, 0) is 9.63 Å². The van der Waals surface area contributed by atoms with Crippen LogP contribution in [0.25, 0.3) is 0 Å². The second-order valence-corrected chi connectivity index (χ2v) is 4.58. The smallest absolute Gasteiger partial charge is 0.414 e. The van der Waals surface area contributed by atoms with E-state index in [9.17, 15) is 18.0 Å². The maximum Gasteiger partial charge on any atom is 0.414 e. The molecule has 0 aliphatic heterocycles. The van der Waals surface area contributed by atoms with Crippen LogP contribution in [0, 0.1) is 0 Å². The molecule has 0 bridgehead atoms. The number of rotatable bonds is 5. The largest absolute Gasteiger partial charge is 0.483 e. The zero-order valence-electron chi connectivity index (χ0n) is 9.26. The van der Waals surface area contributed by atoms with E-state index >= 15 is 0 Å². The highest BCUT2D eigenvalue weighted by Crippen LogP contribution is 2.27. The van der Waals surface area contributed by atoms with Crippen molar-refractivity contribution in [1.29, 1.82) is 0 Å². The maximum atomic E-state index is 11.7. The normalized spacial score (nSPS) is 11.2. The summed E-state index contributed by atoms with van der Waals surface area (Å²) in [5.41, 5.74) is 1.61. The van der Waals surface area contributed by atoms with Crippen LogP contribution in [0.4, 0.5) is 13.2 Å². The van der Waals surface area contributed by atoms with E-state index in [-0.39, 0.29) is 0 Å². The first kappa shape index (κ1) is 16.1. The van der Waals surface area contributed by atoms with Crippen molar-refractivity contribution in [3.63, 3.8) is 0 Å². The summed E-state index contributed by atoms with van der Waals surface area (Å²) < 4.78 is 40.7. The van der Waals surface area contributed by atoms with Crippen LogP contribution in [-0.4, -0.2) is 25.3 Å². The van der Waals surface area contributed by atoms with Crippen molar-refractivity contribution in [3.8, 4) is 5.75 Å². The molecule has 0 unspecified atom stereocenters. The maximum absolute atomic E-state index is 11.7. The lowest BCUT2D eigenvalue weighted by Gasteiger charge is -2.10. The molecule has 0 radical (unpaired) electrons. The first-order valence-electron chi connectivity index (χ1n) is 4.83. The quantitative estimate of drug-likeness (QED) is 0.819. The third-order valence-corrected chi connectivity index (χ3v) is 2.53. The highest BCUT2D eigenvalue weighted by Gasteiger charge is 2.28. The molecule has 0 spiro atoms. The highest BCUT2D eigenvalue weighted by atomic mass is 79.9. The number of carbonyl (C=O) groups is 1. The van der Waals surface area contributed by atoms with Gasteiger partial charge in [-0.25, -0.2) is 5.48 Å². The van der Waals surface area contributed by atoms with Gasteiger partial charge in [-0.3, -0.25) is 9.63 Å². The van der Waals surface area contributed by atoms with Crippen LogP contribution in [0.2, 0.25) is 5.02 Å². The lowest BCUT2D eigenvalue weighted by molar-refractivity contribution is -0.192. The number of nitrogens with one attached hydrogen (secondary N) is 1. The van der Waals surface area contributed by atoms with Gasteiger partial charge in [0.2, 0.25) is 0 Å². The second kappa shape index (κ2) is 6.97. The summed E-state index contributed by atoms with van der Waals surface area (Å²) in [6, 6.07) is 4.60. The molecule has 0 heterocycles. The minimum absolute atomic E-state index is 0.329. The van der Waals surface area contributed by atoms with Crippen LogP contribution in [0.1, 0.15) is 0 Å². The molecule has 1 rings (SSSR count). The average molecular weight is 363 g/mol. The predicted molar refractivity (Wildman–Crippen MR) is 64.8 cm³/mol. The Morgan fingerprint density at radius 3 is 2.68 bits per heavy atom. The summed E-state index contributed by atoms with van der Waals surface area (Å²) in [4.78, 5) is 15.1. The molecule has 0 aliphatic rings. The molecule has 0 fully saturated rings. The van der Waals surface area contributed by atoms with Crippen LogP contribution in [0.3, 0.4) is 0 Å². The van der Waals surface area contributed by atoms with Crippen LogP contribution >= 0.6 is 27.5 Å². The molecule has 1 N–H and O–H groups in total. The number of benzene rings is 1. The highest BCUT2D eigenvalue weighted by molar-refractivity contribution is 9.10. The summed E-state index contributed by atoms with van der Waals surface area (Å²) in [5, 5.41) is 0.470. The van der Waals surface area contributed by atoms with Gasteiger partial charge in [0.1, 0.15) is 5.75 Å². The average Bonchev–Trinajstić information content (AvgIpc) is 2.26. The minimum Gasteiger partial charge on any atom is -0.483 e. The molecule has 106 valence electrons. The van der Waals surface area contributed by atoms with Crippen molar-refractivity contribution in [2.75, 3.05) is 13.2 Å². The standard InChI is InChI=1S/C10H8BrClF3NO3/c11-7-3-6(12)1-2-8(7)18-4-9(17)16-19-5-10(13,14)15/h1-3H,4-5H2,(H,16,17). The molecular formula is C10H8BrClF3NO3. The molecule has 1 aromatic carbocycles. The van der Waals surface area contributed by atoms with Crippen molar-refractivity contribution >= 4 is 33.4 Å². The van der Waals surface area contributed by atoms with Crippen molar-refractivity contribution in [1.82, 2.24) is 5.48 Å². The molecular weight excluding hydrogens is 354 g/mol. The van der Waals surface area contributed by atoms with Gasteiger partial charge in [-0.2, -0.15) is 13.2 Å². The molecule has 0 saturated carbocycles. The molecule has 0 aliphatic carbocycles. The Labute approximate surface area is 119 Å². The first-order chi connectivity index (χ1) is 8.78. The lowest BCUT2D eigenvalue weighted by Crippen LogP contribution is -2.32. The number of carbonyl (C=O) groups excluding carboxylic acids is 1. The van der Waals surface area contributed by atoms with E-state index in [2.05, 4.69) is 20.8 Å². The van der Waals surface area contributed by atoms with Gasteiger partial charge in [-0.05, 0) is 34.1 Å². The Kier molecular flexibility index (Phi) is 5.89. The van der Waals surface area contributed by atoms with Gasteiger partial charge in [-0.1, -0.05) is 11.6 Å². The zero-order chi connectivity index (χ0) is 14.5. The fourth-order valence-corrected chi connectivity index (χ4v) is 1.76. The van der Waals surface area contributed by atoms with E-state index in [0.717, 1.165) is 0 Å². The van der Waals surface area contributed by atoms with Crippen molar-refractivity contribution in [2.45, 2.75) is 6.18 Å². The number of amides is 1. The van der Waals surface area contributed by atoms with Crippen molar-refractivity contribution < 1.29 is 27.5 Å². The van der Waals surface area contributed by atoms with Crippen molar-refractivity contribution in [3.05, 3.63) is 27.7 Å². The number of hydroxylamine groups is 1. The van der Waals surface area contributed by atoms with Crippen LogP contribution in [0.15, 0.2) is 22.7 Å². The SMILES string of the molecule is O=C(COc1ccc(Cl)cc1Br)NOCC(F)(F)F. The first-order valence-corrected chi connectivity index (χ1v) is 6.00. The number of alkyl halides is 3. The molecule has 19 heavy (non-hydrogen) atoms. The van der Waals surface area contributed by atoms with Gasteiger partial charge in [0, 0.05) is 5.02 Å². The fourth-order valence-electron chi connectivity index (χ4n) is 0.963. The lowest BCUT2D eigenvalue weighted by atomic mass is 10.3. The number of halogens is 5. The number of hydrogen-bond acceptors (Lipinski definition) is 3. The number of ether oxygens (including phenoxy) is 1. The van der Waals surface area contributed by atoms with Gasteiger partial charge in [0.05, 0.1) is 4.47 Å². The molecule has 0 atom stereocenters. The molecule has 1 amide bonds. The second-order valence-electron chi connectivity index (χ2n) is 3.29. The summed E-state index contributed by atoms with van der Waals surface area (Å²) >= 11 is 8.85. The molecule has 9 heteroatoms. The van der Waals surface area contributed by atoms with E-state index in [0.29, 0.717) is 15.2 Å². The van der Waals surface area contributed by atoms with Gasteiger partial charge in [0.15, 0.2) is 13.2 Å². The Hall–Kier alpha value is -0.990. The van der Waals surface area contributed by atoms with E-state index in [1.165, 1.54) is 6.07 Å². The van der Waals surface area contributed by atoms with E-state index in [4.69, 9.17) is 16.3 Å². The monoisotopic (exact) mass is 361 g/mol. The predicted octanol–water partition coefficient (Wildman–Crippen LogP) is 3.09. The Bertz CT molecular complexity index is 456. The van der Waals surface area contributed by atoms with Gasteiger partial charge in [-0.15, -0.1) is 0 Å². The Morgan fingerprint density at radius 1 is 1.42 bits per heavy atom. The minimum atomic E-state index is -4.51. The summed E-state index contributed by atoms with van der Waals surface area (Å²) in [6.45, 7) is -2.05. The third-order valence-electron chi connectivity index (χ3n) is 1.67. The zero-order valence-corrected chi connectivity index (χ0v) is 11.6. The Morgan fingerprint density at radius 2 is 2.11 bits per heavy atom. The molecule has 4 nitrogen and oxygen atoms in total. The summed E-state index contributed by atoms with van der Waals surface area (Å²) in [7, 11) is 0.